The minimum Gasteiger partial charge on any atom is -0.475 e. The molecule has 1 atom stereocenters. The Labute approximate surface area is 179 Å². The Balaban J connectivity index is 1.72. The van der Waals surface area contributed by atoms with Gasteiger partial charge >= 0.3 is 5.97 Å². The summed E-state index contributed by atoms with van der Waals surface area (Å²) in [5.41, 5.74) is 3.94. The summed E-state index contributed by atoms with van der Waals surface area (Å²) in [7, 11) is 0. The van der Waals surface area contributed by atoms with Crippen molar-refractivity contribution in [1.82, 2.24) is 4.98 Å². The van der Waals surface area contributed by atoms with Gasteiger partial charge in [0.1, 0.15) is 11.6 Å². The average molecular weight is 412 g/mol. The number of fused-ring (bicyclic) bond motifs is 1. The fraction of sp³-hybridized carbons (Fsp3) is 0.160. The number of rotatable bonds is 6. The third-order valence-electron chi connectivity index (χ3n) is 5.57. The van der Waals surface area contributed by atoms with Gasteiger partial charge in [0.25, 0.3) is 5.78 Å². The molecule has 0 fully saturated rings. The maximum absolute atomic E-state index is 12.2. The SMILES string of the molecule is O=C=C(C1CCc2c(cccc2C(=O)C(=O)O)C1)N(c1ccccc1)c1cccnc1. The molecule has 2 aromatic carbocycles. The molecule has 1 aliphatic rings. The van der Waals surface area contributed by atoms with Crippen molar-refractivity contribution in [3.63, 3.8) is 0 Å². The molecule has 1 aromatic heterocycles. The zero-order valence-corrected chi connectivity index (χ0v) is 16.7. The number of carbonyl (C=O) groups excluding carboxylic acids is 2. The zero-order chi connectivity index (χ0) is 21.8. The molecular weight excluding hydrogens is 392 g/mol. The van der Waals surface area contributed by atoms with E-state index in [1.807, 2.05) is 53.4 Å². The van der Waals surface area contributed by atoms with Crippen molar-refractivity contribution in [2.24, 2.45) is 5.92 Å². The molecule has 1 heterocycles. The number of carboxylic acid groups (broad SMARTS) is 1. The van der Waals surface area contributed by atoms with Gasteiger partial charge in [-0.25, -0.2) is 9.59 Å². The molecule has 6 nitrogen and oxygen atoms in total. The number of hydrogen-bond donors (Lipinski definition) is 1. The number of para-hydroxylation sites is 1. The van der Waals surface area contributed by atoms with E-state index in [-0.39, 0.29) is 11.5 Å². The summed E-state index contributed by atoms with van der Waals surface area (Å²) in [5, 5.41) is 9.12. The Hall–Kier alpha value is -4.02. The largest absolute Gasteiger partial charge is 0.475 e. The third kappa shape index (κ3) is 4.02. The van der Waals surface area contributed by atoms with E-state index < -0.39 is 11.8 Å². The molecule has 154 valence electrons. The summed E-state index contributed by atoms with van der Waals surface area (Å²) in [6.07, 6.45) is 5.00. The lowest BCUT2D eigenvalue weighted by atomic mass is 9.79. The van der Waals surface area contributed by atoms with Gasteiger partial charge in [-0.15, -0.1) is 0 Å². The van der Waals surface area contributed by atoms with Crippen LogP contribution in [0.5, 0.6) is 0 Å². The number of hydrogen-bond acceptors (Lipinski definition) is 5. The molecule has 1 aliphatic carbocycles. The topological polar surface area (TPSA) is 87.6 Å². The van der Waals surface area contributed by atoms with Crippen LogP contribution in [-0.4, -0.2) is 27.8 Å². The molecular formula is C25H20N2O4. The normalized spacial score (nSPS) is 14.8. The first-order valence-corrected chi connectivity index (χ1v) is 9.98. The van der Waals surface area contributed by atoms with Crippen molar-refractivity contribution in [1.29, 1.82) is 0 Å². The van der Waals surface area contributed by atoms with Crippen molar-refractivity contribution in [2.45, 2.75) is 19.3 Å². The summed E-state index contributed by atoms with van der Waals surface area (Å²) in [6, 6.07) is 18.4. The molecule has 3 aromatic rings. The number of ketones is 1. The van der Waals surface area contributed by atoms with E-state index in [1.165, 1.54) is 0 Å². The molecule has 0 bridgehead atoms. The predicted octanol–water partition coefficient (Wildman–Crippen LogP) is 4.01. The second-order valence-corrected chi connectivity index (χ2v) is 7.39. The highest BCUT2D eigenvalue weighted by Crippen LogP contribution is 2.37. The highest BCUT2D eigenvalue weighted by atomic mass is 16.4. The number of carbonyl (C=O) groups is 2. The Morgan fingerprint density at radius 3 is 2.45 bits per heavy atom. The molecule has 1 N–H and O–H groups in total. The Bertz CT molecular complexity index is 1130. The van der Waals surface area contributed by atoms with Crippen molar-refractivity contribution < 1.29 is 19.5 Å². The lowest BCUT2D eigenvalue weighted by molar-refractivity contribution is -0.131. The minimum absolute atomic E-state index is 0.138. The van der Waals surface area contributed by atoms with Crippen LogP contribution in [-0.2, 0) is 22.4 Å². The van der Waals surface area contributed by atoms with Gasteiger partial charge in [0, 0.05) is 23.4 Å². The van der Waals surface area contributed by atoms with Gasteiger partial charge in [0.05, 0.1) is 11.9 Å². The van der Waals surface area contributed by atoms with E-state index in [0.717, 1.165) is 22.5 Å². The molecule has 0 aliphatic heterocycles. The summed E-state index contributed by atoms with van der Waals surface area (Å²) >= 11 is 0. The number of nitrogens with zero attached hydrogens (tertiary/aromatic N) is 2. The van der Waals surface area contributed by atoms with E-state index >= 15 is 0 Å². The fourth-order valence-electron chi connectivity index (χ4n) is 4.17. The van der Waals surface area contributed by atoms with Crippen LogP contribution in [0.1, 0.15) is 27.9 Å². The van der Waals surface area contributed by atoms with Gasteiger partial charge in [-0.3, -0.25) is 9.78 Å². The zero-order valence-electron chi connectivity index (χ0n) is 16.7. The highest BCUT2D eigenvalue weighted by molar-refractivity contribution is 6.40. The summed E-state index contributed by atoms with van der Waals surface area (Å²) < 4.78 is 0. The first-order valence-electron chi connectivity index (χ1n) is 9.98. The third-order valence-corrected chi connectivity index (χ3v) is 5.57. The van der Waals surface area contributed by atoms with Crippen LogP contribution in [0.2, 0.25) is 0 Å². The second kappa shape index (κ2) is 8.78. The van der Waals surface area contributed by atoms with Crippen LogP contribution in [0.25, 0.3) is 0 Å². The highest BCUT2D eigenvalue weighted by Gasteiger charge is 2.31. The first kappa shape index (κ1) is 20.3. The van der Waals surface area contributed by atoms with E-state index in [0.29, 0.717) is 25.0 Å². The standard InChI is InChI=1S/C25H20N2O4/c28-16-23(27(19-7-2-1-3-8-19)20-9-5-13-26-15-20)18-11-12-21-17(14-18)6-4-10-22(21)24(29)25(30)31/h1-10,13,15,18H,11-12,14H2,(H,30,31). The number of anilines is 2. The minimum atomic E-state index is -1.46. The molecule has 6 heteroatoms. The number of pyridine rings is 1. The van der Waals surface area contributed by atoms with Gasteiger partial charge in [0.15, 0.2) is 0 Å². The molecule has 31 heavy (non-hydrogen) atoms. The maximum Gasteiger partial charge on any atom is 0.377 e. The summed E-state index contributed by atoms with van der Waals surface area (Å²) in [6.45, 7) is 0. The summed E-state index contributed by atoms with van der Waals surface area (Å²) in [4.78, 5) is 41.5. The van der Waals surface area contributed by atoms with Crippen molar-refractivity contribution in [2.75, 3.05) is 4.90 Å². The van der Waals surface area contributed by atoms with Crippen LogP contribution in [0.3, 0.4) is 0 Å². The predicted molar refractivity (Wildman–Crippen MR) is 116 cm³/mol. The fourth-order valence-corrected chi connectivity index (χ4v) is 4.17. The maximum atomic E-state index is 12.2. The number of benzene rings is 2. The van der Waals surface area contributed by atoms with Crippen LogP contribution in [0, 0.1) is 5.92 Å². The van der Waals surface area contributed by atoms with Gasteiger partial charge in [-0.2, -0.15) is 0 Å². The number of aliphatic carboxylic acids is 1. The molecule has 4 rings (SSSR count). The molecule has 1 unspecified atom stereocenters. The van der Waals surface area contributed by atoms with Gasteiger partial charge in [-0.05, 0) is 54.7 Å². The number of carboxylic acids is 1. The lowest BCUT2D eigenvalue weighted by Crippen LogP contribution is -2.28. The number of allylic oxidation sites excluding steroid dienone is 1. The Morgan fingerprint density at radius 1 is 1.00 bits per heavy atom. The van der Waals surface area contributed by atoms with Crippen molar-refractivity contribution in [3.8, 4) is 0 Å². The molecule has 0 saturated heterocycles. The molecule has 0 radical (unpaired) electrons. The van der Waals surface area contributed by atoms with Crippen LogP contribution < -0.4 is 4.90 Å². The van der Waals surface area contributed by atoms with Crippen molar-refractivity contribution in [3.05, 3.63) is 95.4 Å². The Kier molecular flexibility index (Phi) is 5.74. The van der Waals surface area contributed by atoms with Crippen LogP contribution in [0.15, 0.2) is 78.8 Å². The Morgan fingerprint density at radius 2 is 1.77 bits per heavy atom. The average Bonchev–Trinajstić information content (AvgIpc) is 2.82. The number of aromatic nitrogens is 1. The monoisotopic (exact) mass is 412 g/mol. The van der Waals surface area contributed by atoms with E-state index in [2.05, 4.69) is 10.9 Å². The van der Waals surface area contributed by atoms with E-state index in [1.54, 1.807) is 24.5 Å². The first-order chi connectivity index (χ1) is 15.1. The van der Waals surface area contributed by atoms with Gasteiger partial charge in [-0.1, -0.05) is 36.4 Å². The smallest absolute Gasteiger partial charge is 0.377 e. The van der Waals surface area contributed by atoms with Crippen molar-refractivity contribution >= 4 is 29.1 Å². The van der Waals surface area contributed by atoms with Gasteiger partial charge < -0.3 is 10.0 Å². The molecule has 0 saturated carbocycles. The molecule has 0 spiro atoms. The van der Waals surface area contributed by atoms with Gasteiger partial charge in [0.2, 0.25) is 0 Å². The van der Waals surface area contributed by atoms with Crippen LogP contribution in [0.4, 0.5) is 11.4 Å². The number of Topliss-reactive ketones (excluding diaryl/α,β-unsaturated/α-hetero) is 1. The van der Waals surface area contributed by atoms with Crippen LogP contribution >= 0.6 is 0 Å². The lowest BCUT2D eigenvalue weighted by Gasteiger charge is -2.33. The second-order valence-electron chi connectivity index (χ2n) is 7.39. The van der Waals surface area contributed by atoms with E-state index in [4.69, 9.17) is 5.11 Å². The molecule has 0 amide bonds. The summed E-state index contributed by atoms with van der Waals surface area (Å²) in [5.74, 6) is -0.342. The quantitative estimate of drug-likeness (QED) is 0.374. The van der Waals surface area contributed by atoms with E-state index in [9.17, 15) is 14.4 Å².